The second-order valence-corrected chi connectivity index (χ2v) is 23.4. The van der Waals surface area contributed by atoms with Crippen LogP contribution in [0.3, 0.4) is 0 Å². The van der Waals surface area contributed by atoms with Gasteiger partial charge in [-0.2, -0.15) is 0 Å². The van der Waals surface area contributed by atoms with Crippen LogP contribution in [-0.2, 0) is 28.6 Å². The Hall–Kier alpha value is -1.59. The van der Waals surface area contributed by atoms with Crippen molar-refractivity contribution in [3.05, 3.63) is 0 Å². The Morgan fingerprint density at radius 2 is 0.479 bits per heavy atom. The molecule has 1 unspecified atom stereocenters. The molecule has 434 valence electrons. The van der Waals surface area contributed by atoms with Gasteiger partial charge in [-0.25, -0.2) is 0 Å². The summed E-state index contributed by atoms with van der Waals surface area (Å²) in [5.41, 5.74) is 0. The van der Waals surface area contributed by atoms with Crippen molar-refractivity contribution < 1.29 is 28.6 Å². The van der Waals surface area contributed by atoms with Gasteiger partial charge in [0.05, 0.1) is 0 Å². The fourth-order valence-electron chi connectivity index (χ4n) is 10.5. The topological polar surface area (TPSA) is 78.9 Å². The molecule has 0 aromatic heterocycles. The summed E-state index contributed by atoms with van der Waals surface area (Å²) >= 11 is 0. The molecule has 0 N–H and O–H groups in total. The molecule has 0 aromatic carbocycles. The first-order chi connectivity index (χ1) is 35.9. The second kappa shape index (κ2) is 61.3. The van der Waals surface area contributed by atoms with Crippen LogP contribution >= 0.6 is 0 Å². The predicted molar refractivity (Wildman–Crippen MR) is 317 cm³/mol. The van der Waals surface area contributed by atoms with Gasteiger partial charge in [-0.15, -0.1) is 0 Å². The summed E-state index contributed by atoms with van der Waals surface area (Å²) in [6.07, 6.45) is 69.6. The van der Waals surface area contributed by atoms with E-state index in [1.807, 2.05) is 0 Å². The average molecular weight is 1030 g/mol. The van der Waals surface area contributed by atoms with E-state index in [0.717, 1.165) is 63.7 Å². The van der Waals surface area contributed by atoms with Gasteiger partial charge in [-0.05, 0) is 25.2 Å². The van der Waals surface area contributed by atoms with Crippen LogP contribution < -0.4 is 0 Å². The molecular weight excluding hydrogens is 901 g/mol. The molecule has 0 radical (unpaired) electrons. The van der Waals surface area contributed by atoms with Gasteiger partial charge >= 0.3 is 17.9 Å². The van der Waals surface area contributed by atoms with Gasteiger partial charge in [0.2, 0.25) is 0 Å². The summed E-state index contributed by atoms with van der Waals surface area (Å²) < 4.78 is 17.0. The maximum absolute atomic E-state index is 12.9. The van der Waals surface area contributed by atoms with Crippen LogP contribution in [0, 0.1) is 5.92 Å². The number of hydrogen-bond acceptors (Lipinski definition) is 6. The molecule has 73 heavy (non-hydrogen) atoms. The summed E-state index contributed by atoms with van der Waals surface area (Å²) in [6.45, 7) is 9.14. The Morgan fingerprint density at radius 1 is 0.274 bits per heavy atom. The van der Waals surface area contributed by atoms with Crippen LogP contribution in [-0.4, -0.2) is 37.2 Å². The van der Waals surface area contributed by atoms with Crippen molar-refractivity contribution >= 4 is 17.9 Å². The molecule has 6 heteroatoms. The minimum absolute atomic E-state index is 0.0608. The Balaban J connectivity index is 4.25. The first-order valence-electron chi connectivity index (χ1n) is 33.4. The number of unbranched alkanes of at least 4 members (excludes halogenated alkanes) is 48. The second-order valence-electron chi connectivity index (χ2n) is 23.4. The highest BCUT2D eigenvalue weighted by Crippen LogP contribution is 2.19. The van der Waals surface area contributed by atoms with Crippen molar-refractivity contribution in [1.82, 2.24) is 0 Å². The summed E-state index contributed by atoms with van der Waals surface area (Å²) in [4.78, 5) is 38.4. The highest BCUT2D eigenvalue weighted by Gasteiger charge is 2.19. The van der Waals surface area contributed by atoms with Gasteiger partial charge in [0.25, 0.3) is 0 Å². The van der Waals surface area contributed by atoms with E-state index in [1.54, 1.807) is 0 Å². The van der Waals surface area contributed by atoms with E-state index in [0.29, 0.717) is 19.3 Å². The highest BCUT2D eigenvalue weighted by molar-refractivity contribution is 5.71. The molecule has 0 aliphatic heterocycles. The normalized spacial score (nSPS) is 12.3. The van der Waals surface area contributed by atoms with Gasteiger partial charge in [0, 0.05) is 19.3 Å². The number of carbonyl (C=O) groups is 3. The maximum Gasteiger partial charge on any atom is 0.306 e. The SMILES string of the molecule is CCCCCCCCCCCCCCCCCCCC(=O)OC[C@H](COC(=O)CCCCCCCCCCCCCCCCCCCCC(C)CC)OC(=O)CCCCCCCCCCCCCCCCCC. The lowest BCUT2D eigenvalue weighted by Gasteiger charge is -2.18. The maximum atomic E-state index is 12.9. The largest absolute Gasteiger partial charge is 0.462 e. The van der Waals surface area contributed by atoms with Gasteiger partial charge in [0.1, 0.15) is 13.2 Å². The zero-order valence-electron chi connectivity index (χ0n) is 50.1. The monoisotopic (exact) mass is 1030 g/mol. The molecule has 0 rings (SSSR count). The molecule has 0 spiro atoms. The van der Waals surface area contributed by atoms with Crippen LogP contribution in [0.15, 0.2) is 0 Å². The lowest BCUT2D eigenvalue weighted by molar-refractivity contribution is -0.167. The van der Waals surface area contributed by atoms with Gasteiger partial charge < -0.3 is 14.2 Å². The molecule has 0 amide bonds. The minimum atomic E-state index is -0.763. The van der Waals surface area contributed by atoms with Gasteiger partial charge in [-0.1, -0.05) is 349 Å². The first kappa shape index (κ1) is 71.4. The Morgan fingerprint density at radius 3 is 0.712 bits per heavy atom. The first-order valence-corrected chi connectivity index (χ1v) is 33.4. The zero-order valence-corrected chi connectivity index (χ0v) is 50.1. The molecule has 0 heterocycles. The fourth-order valence-corrected chi connectivity index (χ4v) is 10.5. The third-order valence-electron chi connectivity index (χ3n) is 15.9. The van der Waals surface area contributed by atoms with Crippen LogP contribution in [0.4, 0.5) is 0 Å². The Bertz CT molecular complexity index is 1110. The smallest absolute Gasteiger partial charge is 0.306 e. The highest BCUT2D eigenvalue weighted by atomic mass is 16.6. The fraction of sp³-hybridized carbons (Fsp3) is 0.955. The Labute approximate surface area is 457 Å². The molecule has 0 bridgehead atoms. The van der Waals surface area contributed by atoms with Crippen LogP contribution in [0.2, 0.25) is 0 Å². The molecule has 0 fully saturated rings. The van der Waals surface area contributed by atoms with Crippen molar-refractivity contribution in [1.29, 1.82) is 0 Å². The summed E-state index contributed by atoms with van der Waals surface area (Å²) in [7, 11) is 0. The number of rotatable bonds is 62. The van der Waals surface area contributed by atoms with Crippen molar-refractivity contribution in [3.8, 4) is 0 Å². The molecule has 0 saturated carbocycles. The van der Waals surface area contributed by atoms with Crippen LogP contribution in [0.1, 0.15) is 387 Å². The van der Waals surface area contributed by atoms with Gasteiger partial charge in [-0.3, -0.25) is 14.4 Å². The quantitative estimate of drug-likeness (QED) is 0.0343. The van der Waals surface area contributed by atoms with Crippen LogP contribution in [0.25, 0.3) is 0 Å². The van der Waals surface area contributed by atoms with Crippen molar-refractivity contribution in [2.24, 2.45) is 5.92 Å². The van der Waals surface area contributed by atoms with E-state index < -0.39 is 6.10 Å². The van der Waals surface area contributed by atoms with E-state index >= 15 is 0 Å². The van der Waals surface area contributed by atoms with E-state index in [2.05, 4.69) is 27.7 Å². The molecule has 0 saturated heterocycles. The molecule has 6 nitrogen and oxygen atoms in total. The van der Waals surface area contributed by atoms with E-state index in [-0.39, 0.29) is 31.1 Å². The third kappa shape index (κ3) is 59.5. The molecule has 0 aliphatic rings. The predicted octanol–water partition coefficient (Wildman–Crippen LogP) is 22.5. The third-order valence-corrected chi connectivity index (χ3v) is 15.9. The Kier molecular flexibility index (Phi) is 59.9. The van der Waals surface area contributed by atoms with Crippen molar-refractivity contribution in [2.75, 3.05) is 13.2 Å². The average Bonchev–Trinajstić information content (AvgIpc) is 3.39. The van der Waals surface area contributed by atoms with Crippen LogP contribution in [0.5, 0.6) is 0 Å². The lowest BCUT2D eigenvalue weighted by atomic mass is 9.99. The van der Waals surface area contributed by atoms with E-state index in [9.17, 15) is 14.4 Å². The number of ether oxygens (including phenoxy) is 3. The van der Waals surface area contributed by atoms with Gasteiger partial charge in [0.15, 0.2) is 6.10 Å². The molecule has 0 aliphatic carbocycles. The number of hydrogen-bond donors (Lipinski definition) is 0. The van der Waals surface area contributed by atoms with Crippen molar-refractivity contribution in [3.63, 3.8) is 0 Å². The van der Waals surface area contributed by atoms with E-state index in [4.69, 9.17) is 14.2 Å². The lowest BCUT2D eigenvalue weighted by Crippen LogP contribution is -2.30. The molecular formula is C67H130O6. The zero-order chi connectivity index (χ0) is 53.0. The van der Waals surface area contributed by atoms with E-state index in [1.165, 1.54) is 283 Å². The minimum Gasteiger partial charge on any atom is -0.462 e. The summed E-state index contributed by atoms with van der Waals surface area (Å²) in [6, 6.07) is 0. The summed E-state index contributed by atoms with van der Waals surface area (Å²) in [5, 5.41) is 0. The molecule has 0 aromatic rings. The number of esters is 3. The number of carbonyl (C=O) groups excluding carboxylic acids is 3. The van der Waals surface area contributed by atoms with Crippen molar-refractivity contribution in [2.45, 2.75) is 393 Å². The standard InChI is InChI=1S/C67H130O6/c1-5-8-10-12-14-16-18-20-22-26-31-34-38-42-46-50-54-58-65(68)71-61-64(73-67(70)60-56-52-48-44-40-36-30-23-21-19-17-15-13-11-9-6-2)62-72-66(69)59-55-51-47-43-39-35-32-28-25-24-27-29-33-37-41-45-49-53-57-63(4)7-3/h63-64H,5-62H2,1-4H3/t63?,64-/m1/s1. The molecule has 2 atom stereocenters. The summed E-state index contributed by atoms with van der Waals surface area (Å²) in [5.74, 6) is 0.0862.